The molecule has 0 heterocycles. The maximum atomic E-state index is 13.0. The van der Waals surface area contributed by atoms with Gasteiger partial charge in [-0.25, -0.2) is 9.59 Å². The maximum Gasteiger partial charge on any atom is 0.514 e. The number of carboxylic acid groups (broad SMARTS) is 1. The zero-order chi connectivity index (χ0) is 30.2. The Balaban J connectivity index is 1.91. The summed E-state index contributed by atoms with van der Waals surface area (Å²) in [6.45, 7) is 9.90. The van der Waals surface area contributed by atoms with Crippen LogP contribution in [0.3, 0.4) is 0 Å². The van der Waals surface area contributed by atoms with Crippen molar-refractivity contribution < 1.29 is 38.7 Å². The number of carbonyl (C=O) groups excluding carboxylic acids is 3. The second-order valence-corrected chi connectivity index (χ2v) is 10.3. The molecule has 3 N–H and O–H groups in total. The summed E-state index contributed by atoms with van der Waals surface area (Å²) in [5.74, 6) is -1.34. The van der Waals surface area contributed by atoms with Crippen LogP contribution in [0.25, 0.3) is 0 Å². The van der Waals surface area contributed by atoms with E-state index in [1.807, 2.05) is 0 Å². The third kappa shape index (κ3) is 8.96. The smallest absolute Gasteiger partial charge is 0.465 e. The average Bonchev–Trinajstić information content (AvgIpc) is 2.85. The summed E-state index contributed by atoms with van der Waals surface area (Å²) in [4.78, 5) is 60.7. The molecule has 2 rings (SSSR count). The lowest BCUT2D eigenvalue weighted by atomic mass is 9.95. The van der Waals surface area contributed by atoms with Crippen LogP contribution in [0, 0.1) is 16.0 Å². The van der Waals surface area contributed by atoms with Gasteiger partial charge in [0.2, 0.25) is 11.8 Å². The summed E-state index contributed by atoms with van der Waals surface area (Å²) < 4.78 is 10.0. The van der Waals surface area contributed by atoms with Gasteiger partial charge < -0.3 is 25.2 Å². The number of hydrogen-bond donors (Lipinski definition) is 3. The number of anilines is 1. The van der Waals surface area contributed by atoms with E-state index in [4.69, 9.17) is 9.47 Å². The van der Waals surface area contributed by atoms with Gasteiger partial charge in [0.1, 0.15) is 24.4 Å². The number of carbonyl (C=O) groups is 4. The lowest BCUT2D eigenvalue weighted by molar-refractivity contribution is -0.384. The van der Waals surface area contributed by atoms with E-state index in [9.17, 15) is 34.4 Å². The first-order valence-electron chi connectivity index (χ1n) is 12.4. The van der Waals surface area contributed by atoms with Crippen molar-refractivity contribution in [2.45, 2.75) is 65.8 Å². The molecule has 0 fully saturated rings. The molecule has 0 aromatic heterocycles. The number of hydrogen-bond acceptors (Lipinski definition) is 8. The fraction of sp³-hybridized carbons (Fsp3) is 0.407. The van der Waals surface area contributed by atoms with Crippen LogP contribution in [0.5, 0.6) is 5.75 Å². The quantitative estimate of drug-likeness (QED) is 0.163. The molecule has 13 nitrogen and oxygen atoms in total. The van der Waals surface area contributed by atoms with Gasteiger partial charge in [-0.05, 0) is 63.4 Å². The van der Waals surface area contributed by atoms with E-state index in [1.54, 1.807) is 58.9 Å². The highest BCUT2D eigenvalue weighted by Gasteiger charge is 2.40. The second kappa shape index (κ2) is 13.4. The van der Waals surface area contributed by atoms with Crippen molar-refractivity contribution in [1.82, 2.24) is 10.2 Å². The van der Waals surface area contributed by atoms with E-state index in [2.05, 4.69) is 10.6 Å². The Morgan fingerprint density at radius 3 is 2.02 bits per heavy atom. The Kier molecular flexibility index (Phi) is 10.6. The predicted octanol–water partition coefficient (Wildman–Crippen LogP) is 4.56. The van der Waals surface area contributed by atoms with Crippen molar-refractivity contribution in [1.29, 1.82) is 0 Å². The van der Waals surface area contributed by atoms with Gasteiger partial charge in [-0.3, -0.25) is 24.6 Å². The minimum absolute atomic E-state index is 0.0867. The summed E-state index contributed by atoms with van der Waals surface area (Å²) in [5, 5.41) is 25.7. The Hall–Kier alpha value is -4.68. The van der Waals surface area contributed by atoms with Crippen LogP contribution in [-0.2, 0) is 20.9 Å². The lowest BCUT2D eigenvalue weighted by Gasteiger charge is -2.40. The van der Waals surface area contributed by atoms with Crippen LogP contribution >= 0.6 is 0 Å². The molecule has 2 aromatic carbocycles. The summed E-state index contributed by atoms with van der Waals surface area (Å²) in [7, 11) is 0. The first-order valence-corrected chi connectivity index (χ1v) is 12.4. The Morgan fingerprint density at radius 2 is 1.55 bits per heavy atom. The molecule has 0 aliphatic heterocycles. The highest BCUT2D eigenvalue weighted by Crippen LogP contribution is 2.23. The molecular weight excluding hydrogens is 524 g/mol. The first kappa shape index (κ1) is 31.5. The maximum absolute atomic E-state index is 13.0. The van der Waals surface area contributed by atoms with Crippen molar-refractivity contribution in [2.75, 3.05) is 5.32 Å². The summed E-state index contributed by atoms with van der Waals surface area (Å²) >= 11 is 0. The summed E-state index contributed by atoms with van der Waals surface area (Å²) in [5.41, 5.74) is 0.0346. The Morgan fingerprint density at radius 1 is 0.975 bits per heavy atom. The molecule has 2 atom stereocenters. The van der Waals surface area contributed by atoms with Gasteiger partial charge in [0.05, 0.1) is 4.92 Å². The van der Waals surface area contributed by atoms with E-state index in [1.165, 1.54) is 31.2 Å². The highest BCUT2D eigenvalue weighted by molar-refractivity contribution is 5.98. The highest BCUT2D eigenvalue weighted by atomic mass is 16.7. The lowest BCUT2D eigenvalue weighted by Crippen LogP contribution is -2.60. The normalized spacial score (nSPS) is 12.6. The number of nitro groups is 1. The zero-order valence-corrected chi connectivity index (χ0v) is 23.2. The Labute approximate surface area is 231 Å². The number of nitrogens with zero attached hydrogens (tertiary/aromatic N) is 2. The van der Waals surface area contributed by atoms with Crippen LogP contribution in [0.2, 0.25) is 0 Å². The van der Waals surface area contributed by atoms with Gasteiger partial charge in [0.25, 0.3) is 5.69 Å². The minimum atomic E-state index is -1.23. The van der Waals surface area contributed by atoms with Crippen molar-refractivity contribution in [2.24, 2.45) is 5.92 Å². The summed E-state index contributed by atoms with van der Waals surface area (Å²) in [6.07, 6.45) is -2.23. The van der Waals surface area contributed by atoms with Crippen LogP contribution in [-0.4, -0.2) is 56.6 Å². The van der Waals surface area contributed by atoms with Crippen LogP contribution < -0.4 is 15.4 Å². The van der Waals surface area contributed by atoms with Gasteiger partial charge in [-0.2, -0.15) is 0 Å². The molecule has 216 valence electrons. The number of benzene rings is 2. The number of ether oxygens (including phenoxy) is 2. The molecule has 0 radical (unpaired) electrons. The molecule has 0 spiro atoms. The van der Waals surface area contributed by atoms with Gasteiger partial charge >= 0.3 is 12.2 Å². The van der Waals surface area contributed by atoms with E-state index in [0.29, 0.717) is 11.3 Å². The monoisotopic (exact) mass is 558 g/mol. The van der Waals surface area contributed by atoms with Gasteiger partial charge in [0, 0.05) is 23.4 Å². The van der Waals surface area contributed by atoms with E-state index in [0.717, 1.165) is 4.90 Å². The minimum Gasteiger partial charge on any atom is -0.465 e. The number of nitro benzene ring substituents is 1. The van der Waals surface area contributed by atoms with Gasteiger partial charge in [-0.1, -0.05) is 26.0 Å². The second-order valence-electron chi connectivity index (χ2n) is 10.3. The van der Waals surface area contributed by atoms with E-state index >= 15 is 0 Å². The van der Waals surface area contributed by atoms with Crippen molar-refractivity contribution in [3.8, 4) is 5.75 Å². The Bertz CT molecular complexity index is 1220. The third-order valence-electron chi connectivity index (χ3n) is 5.69. The molecule has 0 bridgehead atoms. The zero-order valence-electron chi connectivity index (χ0n) is 23.2. The number of non-ortho nitro benzene ring substituents is 1. The van der Waals surface area contributed by atoms with Gasteiger partial charge in [-0.15, -0.1) is 0 Å². The molecule has 0 aliphatic rings. The molecule has 3 amide bonds. The fourth-order valence-electron chi connectivity index (χ4n) is 3.74. The molecule has 40 heavy (non-hydrogen) atoms. The molecule has 0 saturated carbocycles. The van der Waals surface area contributed by atoms with Gasteiger partial charge in [0.15, 0.2) is 0 Å². The molecule has 2 aromatic rings. The van der Waals surface area contributed by atoms with E-state index in [-0.39, 0.29) is 24.0 Å². The fourth-order valence-corrected chi connectivity index (χ4v) is 3.74. The first-order chi connectivity index (χ1) is 18.6. The van der Waals surface area contributed by atoms with Crippen LogP contribution in [0.4, 0.5) is 21.0 Å². The standard InChI is InChI=1S/C27H34N4O9/c1-16(2)22(30(25(34)35)27(4,5)6)24(33)28-17(3)23(32)29-19-9-7-18(8-10-19)15-39-26(36)40-21-13-11-20(12-14-21)31(37)38/h7-14,16-17,22H,15H2,1-6H3,(H,28,33)(H,29,32)(H,34,35)/t17-,22-/m0/s1. The van der Waals surface area contributed by atoms with Crippen LogP contribution in [0.15, 0.2) is 48.5 Å². The molecule has 13 heteroatoms. The number of rotatable bonds is 10. The topological polar surface area (TPSA) is 177 Å². The van der Waals surface area contributed by atoms with Crippen molar-refractivity contribution in [3.05, 3.63) is 64.2 Å². The van der Waals surface area contributed by atoms with Crippen LogP contribution in [0.1, 0.15) is 47.1 Å². The third-order valence-corrected chi connectivity index (χ3v) is 5.69. The number of amides is 3. The predicted molar refractivity (Wildman–Crippen MR) is 145 cm³/mol. The molecule has 0 saturated heterocycles. The molecule has 0 aliphatic carbocycles. The molecular formula is C27H34N4O9. The number of nitrogens with one attached hydrogen (secondary N) is 2. The largest absolute Gasteiger partial charge is 0.514 e. The average molecular weight is 559 g/mol. The van der Waals surface area contributed by atoms with E-state index < -0.39 is 46.6 Å². The SMILES string of the molecule is CC(C)[C@@H](C(=O)N[C@@H](C)C(=O)Nc1ccc(COC(=O)Oc2ccc([N+](=O)[O-])cc2)cc1)N(C(=O)O)C(C)(C)C. The van der Waals surface area contributed by atoms with Crippen molar-refractivity contribution in [3.63, 3.8) is 0 Å². The molecule has 0 unspecified atom stereocenters. The van der Waals surface area contributed by atoms with Crippen molar-refractivity contribution >= 4 is 35.4 Å². The summed E-state index contributed by atoms with van der Waals surface area (Å²) in [6, 6.07) is 9.36.